The van der Waals surface area contributed by atoms with E-state index in [9.17, 15) is 14.7 Å². The van der Waals surface area contributed by atoms with Gasteiger partial charge in [0.2, 0.25) is 12.7 Å². The zero-order chi connectivity index (χ0) is 26.8. The summed E-state index contributed by atoms with van der Waals surface area (Å²) in [6, 6.07) is 10.6. The maximum absolute atomic E-state index is 12.9. The molecule has 0 spiro atoms. The number of likely N-dealkylation sites (tertiary alicyclic amines) is 1. The Morgan fingerprint density at radius 3 is 2.67 bits per heavy atom. The van der Waals surface area contributed by atoms with Gasteiger partial charge in [-0.15, -0.1) is 0 Å². The summed E-state index contributed by atoms with van der Waals surface area (Å²) >= 11 is 0. The molecule has 2 saturated heterocycles. The Labute approximate surface area is 227 Å². The number of hydrogen-bond donors (Lipinski definition) is 3. The molecule has 4 aliphatic rings. The standard InChI is InChI=1S/C29H35N3O7/c33-16-26-28-22(14-20(38-26)15-27(34)30-8-11-32-9-2-1-3-10-32)21-13-19(5-7-23(21)39-28)31-29(35)18-4-6-24-25(12-18)37-17-36-24/h4-7,12-13,20,22,26,28,33H,1-3,8-11,14-17H2,(H,30,34)(H,31,35)/t20-,22+,26-,28-/m1/s1. The summed E-state index contributed by atoms with van der Waals surface area (Å²) in [5, 5.41) is 16.0. The molecule has 10 nitrogen and oxygen atoms in total. The molecule has 10 heteroatoms. The number of anilines is 1. The predicted octanol–water partition coefficient (Wildman–Crippen LogP) is 2.65. The second-order valence-electron chi connectivity index (χ2n) is 10.6. The molecule has 4 heterocycles. The molecule has 4 atom stereocenters. The van der Waals surface area contributed by atoms with Crippen molar-refractivity contribution in [3.05, 3.63) is 47.5 Å². The van der Waals surface area contributed by atoms with Gasteiger partial charge in [-0.1, -0.05) is 6.42 Å². The molecule has 0 unspecified atom stereocenters. The summed E-state index contributed by atoms with van der Waals surface area (Å²) in [6.45, 7) is 3.63. The van der Waals surface area contributed by atoms with Gasteiger partial charge in [0, 0.05) is 35.8 Å². The summed E-state index contributed by atoms with van der Waals surface area (Å²) in [6.07, 6.45) is 3.35. The van der Waals surface area contributed by atoms with Crippen molar-refractivity contribution in [2.45, 2.75) is 56.3 Å². The average Bonchev–Trinajstić information content (AvgIpc) is 3.57. The van der Waals surface area contributed by atoms with E-state index in [0.717, 1.165) is 25.2 Å². The third-order valence-electron chi connectivity index (χ3n) is 8.00. The molecule has 3 N–H and O–H groups in total. The minimum atomic E-state index is -0.533. The molecule has 0 aliphatic carbocycles. The zero-order valence-electron chi connectivity index (χ0n) is 21.9. The van der Waals surface area contributed by atoms with Crippen LogP contribution >= 0.6 is 0 Å². The van der Waals surface area contributed by atoms with Crippen LogP contribution in [-0.4, -0.2) is 79.7 Å². The van der Waals surface area contributed by atoms with E-state index in [2.05, 4.69) is 15.5 Å². The SMILES string of the molecule is O=C(C[C@H]1C[C@H]2c3cc(NC(=O)c4ccc5c(c4)OCO5)ccc3O[C@H]2[C@@H](CO)O1)NCCN1CCCCC1. The van der Waals surface area contributed by atoms with Crippen molar-refractivity contribution >= 4 is 17.5 Å². The fraction of sp³-hybridized carbons (Fsp3) is 0.517. The lowest BCUT2D eigenvalue weighted by Gasteiger charge is -2.37. The van der Waals surface area contributed by atoms with Crippen molar-refractivity contribution in [3.8, 4) is 17.2 Å². The lowest BCUT2D eigenvalue weighted by Crippen LogP contribution is -2.47. The van der Waals surface area contributed by atoms with E-state index in [1.165, 1.54) is 19.3 Å². The first-order chi connectivity index (χ1) is 19.1. The molecule has 0 saturated carbocycles. The van der Waals surface area contributed by atoms with Crippen LogP contribution in [0.3, 0.4) is 0 Å². The summed E-state index contributed by atoms with van der Waals surface area (Å²) < 4.78 is 23.0. The highest BCUT2D eigenvalue weighted by molar-refractivity contribution is 6.04. The van der Waals surface area contributed by atoms with E-state index in [0.29, 0.717) is 41.5 Å². The van der Waals surface area contributed by atoms with Gasteiger partial charge in [-0.2, -0.15) is 0 Å². The van der Waals surface area contributed by atoms with Crippen molar-refractivity contribution in [1.29, 1.82) is 0 Å². The highest BCUT2D eigenvalue weighted by Gasteiger charge is 2.46. The van der Waals surface area contributed by atoms with Gasteiger partial charge in [-0.3, -0.25) is 9.59 Å². The number of amides is 2. The molecule has 2 aromatic carbocycles. The van der Waals surface area contributed by atoms with Crippen LogP contribution in [0.1, 0.15) is 53.9 Å². The first-order valence-electron chi connectivity index (χ1n) is 13.8. The van der Waals surface area contributed by atoms with E-state index in [-0.39, 0.29) is 49.8 Å². The minimum absolute atomic E-state index is 0.0453. The highest BCUT2D eigenvalue weighted by Crippen LogP contribution is 2.47. The van der Waals surface area contributed by atoms with Gasteiger partial charge in [-0.05, 0) is 68.8 Å². The van der Waals surface area contributed by atoms with Crippen molar-refractivity contribution in [2.24, 2.45) is 0 Å². The molecule has 2 aromatic rings. The first-order valence-corrected chi connectivity index (χ1v) is 13.8. The van der Waals surface area contributed by atoms with Gasteiger partial charge >= 0.3 is 0 Å². The normalized spacial score (nSPS) is 25.4. The van der Waals surface area contributed by atoms with Gasteiger partial charge < -0.3 is 39.6 Å². The maximum Gasteiger partial charge on any atom is 0.255 e. The Kier molecular flexibility index (Phi) is 7.58. The van der Waals surface area contributed by atoms with Crippen LogP contribution in [0.25, 0.3) is 0 Å². The number of piperidine rings is 1. The summed E-state index contributed by atoms with van der Waals surface area (Å²) in [7, 11) is 0. The lowest BCUT2D eigenvalue weighted by molar-refractivity contribution is -0.142. The fourth-order valence-corrected chi connectivity index (χ4v) is 6.02. The van der Waals surface area contributed by atoms with Gasteiger partial charge in [0.05, 0.1) is 19.1 Å². The van der Waals surface area contributed by atoms with E-state index in [1.54, 1.807) is 24.3 Å². The van der Waals surface area contributed by atoms with Crippen LogP contribution in [0, 0.1) is 0 Å². The van der Waals surface area contributed by atoms with Crippen LogP contribution in [0.15, 0.2) is 36.4 Å². The number of nitrogens with zero attached hydrogens (tertiary/aromatic N) is 1. The Balaban J connectivity index is 1.09. The number of nitrogens with one attached hydrogen (secondary N) is 2. The Hall–Kier alpha value is -3.34. The molecule has 6 rings (SSSR count). The molecule has 4 aliphatic heterocycles. The smallest absolute Gasteiger partial charge is 0.255 e. The summed E-state index contributed by atoms with van der Waals surface area (Å²) in [5.41, 5.74) is 2.05. The second-order valence-corrected chi connectivity index (χ2v) is 10.6. The largest absolute Gasteiger partial charge is 0.487 e. The van der Waals surface area contributed by atoms with Crippen molar-refractivity contribution in [2.75, 3.05) is 44.9 Å². The van der Waals surface area contributed by atoms with E-state index < -0.39 is 6.10 Å². The van der Waals surface area contributed by atoms with Gasteiger partial charge in [0.1, 0.15) is 18.0 Å². The lowest BCUT2D eigenvalue weighted by atomic mass is 9.84. The third kappa shape index (κ3) is 5.68. The quantitative estimate of drug-likeness (QED) is 0.471. The second kappa shape index (κ2) is 11.4. The number of aliphatic hydroxyl groups excluding tert-OH is 1. The number of benzene rings is 2. The summed E-state index contributed by atoms with van der Waals surface area (Å²) in [5.74, 6) is 1.51. The molecule has 208 valence electrons. The number of fused-ring (bicyclic) bond motifs is 4. The van der Waals surface area contributed by atoms with Gasteiger partial charge in [0.25, 0.3) is 5.91 Å². The molecule has 0 bridgehead atoms. The number of aliphatic hydroxyl groups is 1. The number of rotatable bonds is 8. The fourth-order valence-electron chi connectivity index (χ4n) is 6.02. The monoisotopic (exact) mass is 537 g/mol. The van der Waals surface area contributed by atoms with E-state index >= 15 is 0 Å². The molecule has 39 heavy (non-hydrogen) atoms. The van der Waals surface area contributed by atoms with Crippen LogP contribution < -0.4 is 24.8 Å². The highest BCUT2D eigenvalue weighted by atomic mass is 16.7. The topological polar surface area (TPSA) is 119 Å². The number of hydrogen-bond acceptors (Lipinski definition) is 8. The molecular formula is C29H35N3O7. The number of carbonyl (C=O) groups is 2. The first kappa shape index (κ1) is 25.9. The molecule has 2 amide bonds. The molecule has 0 radical (unpaired) electrons. The van der Waals surface area contributed by atoms with Crippen molar-refractivity contribution < 1.29 is 33.6 Å². The van der Waals surface area contributed by atoms with Crippen molar-refractivity contribution in [3.63, 3.8) is 0 Å². The minimum Gasteiger partial charge on any atom is -0.487 e. The van der Waals surface area contributed by atoms with Gasteiger partial charge in [0.15, 0.2) is 11.5 Å². The predicted molar refractivity (Wildman–Crippen MR) is 142 cm³/mol. The molecular weight excluding hydrogens is 502 g/mol. The average molecular weight is 538 g/mol. The van der Waals surface area contributed by atoms with Crippen LogP contribution in [0.4, 0.5) is 5.69 Å². The Morgan fingerprint density at radius 2 is 1.82 bits per heavy atom. The molecule has 0 aromatic heterocycles. The van der Waals surface area contributed by atoms with E-state index in [4.69, 9.17) is 18.9 Å². The summed E-state index contributed by atoms with van der Waals surface area (Å²) in [4.78, 5) is 28.0. The van der Waals surface area contributed by atoms with Crippen molar-refractivity contribution in [1.82, 2.24) is 10.2 Å². The van der Waals surface area contributed by atoms with E-state index in [1.807, 2.05) is 12.1 Å². The van der Waals surface area contributed by atoms with Gasteiger partial charge in [-0.25, -0.2) is 0 Å². The third-order valence-corrected chi connectivity index (χ3v) is 8.00. The number of carbonyl (C=O) groups excluding carboxylic acids is 2. The van der Waals surface area contributed by atoms with Crippen LogP contribution in [-0.2, 0) is 9.53 Å². The number of ether oxygens (including phenoxy) is 4. The Bertz CT molecular complexity index is 1220. The maximum atomic E-state index is 12.9. The zero-order valence-corrected chi connectivity index (χ0v) is 21.9. The molecule has 2 fully saturated rings. The Morgan fingerprint density at radius 1 is 1.00 bits per heavy atom. The van der Waals surface area contributed by atoms with Crippen LogP contribution in [0.5, 0.6) is 17.2 Å². The van der Waals surface area contributed by atoms with Crippen LogP contribution in [0.2, 0.25) is 0 Å².